The van der Waals surface area contributed by atoms with Crippen LogP contribution in [0.2, 0.25) is 0 Å². The van der Waals surface area contributed by atoms with Crippen LogP contribution < -0.4 is 15.8 Å². The Hall–Kier alpha value is -1.63. The number of piperidine rings is 1. The second kappa shape index (κ2) is 6.21. The summed E-state index contributed by atoms with van der Waals surface area (Å²) in [6.07, 6.45) is 1.83. The van der Waals surface area contributed by atoms with Crippen molar-refractivity contribution in [2.75, 3.05) is 31.2 Å². The molecule has 0 atom stereocenters. The Morgan fingerprint density at radius 1 is 1.35 bits per heavy atom. The van der Waals surface area contributed by atoms with Crippen LogP contribution >= 0.6 is 0 Å². The molecule has 1 aromatic carbocycles. The predicted molar refractivity (Wildman–Crippen MR) is 71.6 cm³/mol. The molecule has 1 aromatic rings. The molecule has 3 N–H and O–H groups in total. The first-order valence-corrected chi connectivity index (χ1v) is 6.44. The summed E-state index contributed by atoms with van der Waals surface area (Å²) < 4.78 is 42.0. The Bertz CT molecular complexity index is 462. The average Bonchev–Trinajstić information content (AvgIpc) is 2.37. The number of ether oxygens (including phenoxy) is 1. The molecule has 0 saturated carbocycles. The van der Waals surface area contributed by atoms with Crippen molar-refractivity contribution in [2.45, 2.75) is 25.5 Å². The molecule has 1 aliphatic rings. The van der Waals surface area contributed by atoms with E-state index in [0.717, 1.165) is 32.0 Å². The van der Waals surface area contributed by atoms with Gasteiger partial charge in [0.25, 0.3) is 0 Å². The number of likely N-dealkylation sites (tertiary alicyclic amines) is 1. The maximum absolute atomic E-state index is 13.4. The zero-order chi connectivity index (χ0) is 14.7. The first kappa shape index (κ1) is 14.8. The van der Waals surface area contributed by atoms with Gasteiger partial charge in [0.2, 0.25) is 0 Å². The molecule has 0 amide bonds. The number of alkyl halides is 2. The molecular formula is C13H18F3N3O. The van der Waals surface area contributed by atoms with E-state index in [2.05, 4.69) is 15.0 Å². The zero-order valence-electron chi connectivity index (χ0n) is 11.2. The molecule has 7 heteroatoms. The van der Waals surface area contributed by atoms with Crippen molar-refractivity contribution in [1.29, 1.82) is 0 Å². The fourth-order valence-electron chi connectivity index (χ4n) is 2.25. The first-order chi connectivity index (χ1) is 9.45. The lowest BCUT2D eigenvalue weighted by Gasteiger charge is -2.30. The van der Waals surface area contributed by atoms with E-state index in [4.69, 9.17) is 5.73 Å². The van der Waals surface area contributed by atoms with E-state index < -0.39 is 18.2 Å². The number of nitrogens with zero attached hydrogens (tertiary/aromatic N) is 1. The van der Waals surface area contributed by atoms with Crippen LogP contribution in [0.3, 0.4) is 0 Å². The molecule has 20 heavy (non-hydrogen) atoms. The summed E-state index contributed by atoms with van der Waals surface area (Å²) in [6, 6.07) is 2.38. The summed E-state index contributed by atoms with van der Waals surface area (Å²) >= 11 is 0. The molecule has 1 saturated heterocycles. The minimum atomic E-state index is -3.07. The second-order valence-corrected chi connectivity index (χ2v) is 4.97. The van der Waals surface area contributed by atoms with E-state index in [1.54, 1.807) is 0 Å². The van der Waals surface area contributed by atoms with Crippen LogP contribution in [0.15, 0.2) is 12.1 Å². The van der Waals surface area contributed by atoms with Gasteiger partial charge in [-0.25, -0.2) is 4.39 Å². The average molecular weight is 289 g/mol. The monoisotopic (exact) mass is 289 g/mol. The molecule has 4 nitrogen and oxygen atoms in total. The molecule has 112 valence electrons. The van der Waals surface area contributed by atoms with Gasteiger partial charge < -0.3 is 20.7 Å². The quantitative estimate of drug-likeness (QED) is 0.836. The molecule has 0 spiro atoms. The van der Waals surface area contributed by atoms with Crippen molar-refractivity contribution < 1.29 is 17.9 Å². The minimum Gasteiger partial charge on any atom is -0.432 e. The van der Waals surface area contributed by atoms with Gasteiger partial charge in [0.05, 0.1) is 11.4 Å². The number of rotatable bonds is 4. The lowest BCUT2D eigenvalue weighted by Crippen LogP contribution is -2.36. The Kier molecular flexibility index (Phi) is 4.59. The maximum Gasteiger partial charge on any atom is 0.387 e. The highest BCUT2D eigenvalue weighted by molar-refractivity contribution is 5.69. The van der Waals surface area contributed by atoms with Crippen molar-refractivity contribution in [2.24, 2.45) is 0 Å². The molecule has 0 aromatic heterocycles. The highest BCUT2D eigenvalue weighted by Crippen LogP contribution is 2.30. The molecule has 2 rings (SSSR count). The molecule has 0 unspecified atom stereocenters. The molecule has 0 radical (unpaired) electrons. The molecule has 1 fully saturated rings. The standard InChI is InChI=1S/C13H18F3N3O/c1-19-4-2-8(3-5-19)18-11-7-12(20-13(15)16)9(14)6-10(11)17/h6-8,13,18H,2-5,17H2,1H3. The van der Waals surface area contributed by atoms with E-state index in [1.165, 1.54) is 6.07 Å². The number of anilines is 2. The molecule has 1 heterocycles. The number of nitrogen functional groups attached to an aromatic ring is 1. The smallest absolute Gasteiger partial charge is 0.387 e. The maximum atomic E-state index is 13.4. The molecule has 0 bridgehead atoms. The topological polar surface area (TPSA) is 50.5 Å². The van der Waals surface area contributed by atoms with Crippen molar-refractivity contribution in [1.82, 2.24) is 4.90 Å². The van der Waals surface area contributed by atoms with Crippen molar-refractivity contribution in [3.63, 3.8) is 0 Å². The highest BCUT2D eigenvalue weighted by atomic mass is 19.3. The van der Waals surface area contributed by atoms with Gasteiger partial charge in [-0.05, 0) is 33.0 Å². The van der Waals surface area contributed by atoms with Crippen LogP contribution in [0.25, 0.3) is 0 Å². The van der Waals surface area contributed by atoms with Crippen molar-refractivity contribution >= 4 is 11.4 Å². The Balaban J connectivity index is 2.10. The zero-order valence-corrected chi connectivity index (χ0v) is 11.2. The lowest BCUT2D eigenvalue weighted by molar-refractivity contribution is -0.0521. The van der Waals surface area contributed by atoms with Crippen LogP contribution in [-0.4, -0.2) is 37.7 Å². The third kappa shape index (κ3) is 3.69. The van der Waals surface area contributed by atoms with Crippen LogP contribution in [-0.2, 0) is 0 Å². The summed E-state index contributed by atoms with van der Waals surface area (Å²) in [4.78, 5) is 2.21. The summed E-state index contributed by atoms with van der Waals surface area (Å²) in [7, 11) is 2.04. The van der Waals surface area contributed by atoms with Gasteiger partial charge in [0.15, 0.2) is 11.6 Å². The SMILES string of the molecule is CN1CCC(Nc2cc(OC(F)F)c(F)cc2N)CC1. The minimum absolute atomic E-state index is 0.183. The van der Waals surface area contributed by atoms with E-state index in [1.807, 2.05) is 7.05 Å². The Morgan fingerprint density at radius 2 is 2.00 bits per heavy atom. The van der Waals surface area contributed by atoms with E-state index in [0.29, 0.717) is 5.69 Å². The predicted octanol–water partition coefficient (Wildman–Crippen LogP) is 2.52. The van der Waals surface area contributed by atoms with Gasteiger partial charge >= 0.3 is 6.61 Å². The van der Waals surface area contributed by atoms with Gasteiger partial charge in [-0.15, -0.1) is 0 Å². The van der Waals surface area contributed by atoms with Crippen molar-refractivity contribution in [3.8, 4) is 5.75 Å². The number of nitrogens with two attached hydrogens (primary N) is 1. The largest absolute Gasteiger partial charge is 0.432 e. The summed E-state index contributed by atoms with van der Waals surface area (Å²) in [5.41, 5.74) is 6.32. The van der Waals surface area contributed by atoms with E-state index >= 15 is 0 Å². The third-order valence-electron chi connectivity index (χ3n) is 3.40. The lowest BCUT2D eigenvalue weighted by atomic mass is 10.0. The number of halogens is 3. The number of nitrogens with one attached hydrogen (secondary N) is 1. The number of hydrogen-bond acceptors (Lipinski definition) is 4. The molecular weight excluding hydrogens is 271 g/mol. The highest BCUT2D eigenvalue weighted by Gasteiger charge is 2.19. The first-order valence-electron chi connectivity index (χ1n) is 6.44. The number of hydrogen-bond donors (Lipinski definition) is 2. The van der Waals surface area contributed by atoms with Gasteiger partial charge in [-0.2, -0.15) is 8.78 Å². The van der Waals surface area contributed by atoms with Crippen LogP contribution in [0, 0.1) is 5.82 Å². The van der Waals surface area contributed by atoms with Gasteiger partial charge in [-0.3, -0.25) is 0 Å². The molecule has 0 aliphatic carbocycles. The van der Waals surface area contributed by atoms with Crippen LogP contribution in [0.5, 0.6) is 5.75 Å². The fourth-order valence-corrected chi connectivity index (χ4v) is 2.25. The normalized spacial score (nSPS) is 17.4. The van der Waals surface area contributed by atoms with E-state index in [-0.39, 0.29) is 11.7 Å². The van der Waals surface area contributed by atoms with Gasteiger partial charge in [0.1, 0.15) is 0 Å². The second-order valence-electron chi connectivity index (χ2n) is 4.97. The Morgan fingerprint density at radius 3 is 2.60 bits per heavy atom. The van der Waals surface area contributed by atoms with Crippen molar-refractivity contribution in [3.05, 3.63) is 17.9 Å². The summed E-state index contributed by atoms with van der Waals surface area (Å²) in [6.45, 7) is -1.18. The van der Waals surface area contributed by atoms with E-state index in [9.17, 15) is 13.2 Å². The van der Waals surface area contributed by atoms with Crippen LogP contribution in [0.1, 0.15) is 12.8 Å². The summed E-state index contributed by atoms with van der Waals surface area (Å²) in [5, 5.41) is 3.17. The summed E-state index contributed by atoms with van der Waals surface area (Å²) in [5.74, 6) is -1.39. The Labute approximate surface area is 115 Å². The molecule has 1 aliphatic heterocycles. The van der Waals surface area contributed by atoms with Gasteiger partial charge in [-0.1, -0.05) is 0 Å². The van der Waals surface area contributed by atoms with Gasteiger partial charge in [0, 0.05) is 18.2 Å². The number of benzene rings is 1. The third-order valence-corrected chi connectivity index (χ3v) is 3.40. The fraction of sp³-hybridized carbons (Fsp3) is 0.538. The van der Waals surface area contributed by atoms with Crippen LogP contribution in [0.4, 0.5) is 24.5 Å².